The smallest absolute Gasteiger partial charge is 0.325 e. The monoisotopic (exact) mass is 499 g/mol. The summed E-state index contributed by atoms with van der Waals surface area (Å²) in [7, 11) is -4.32. The fourth-order valence-corrected chi connectivity index (χ4v) is 4.52. The van der Waals surface area contributed by atoms with E-state index in [1.165, 1.54) is 28.6 Å². The largest absolute Gasteiger partial charge is 0.402 e. The summed E-state index contributed by atoms with van der Waals surface area (Å²) in [6, 6.07) is 14.5. The zero-order valence-corrected chi connectivity index (χ0v) is 19.0. The Morgan fingerprint density at radius 3 is 2.36 bits per heavy atom. The van der Waals surface area contributed by atoms with Gasteiger partial charge in [-0.25, -0.2) is 13.1 Å². The number of anilines is 1. The van der Waals surface area contributed by atoms with E-state index in [-0.39, 0.29) is 16.6 Å². The van der Waals surface area contributed by atoms with Crippen LogP contribution in [0.25, 0.3) is 0 Å². The van der Waals surface area contributed by atoms with E-state index in [0.717, 1.165) is 17.7 Å². The van der Waals surface area contributed by atoms with Gasteiger partial charge in [-0.1, -0.05) is 42.1 Å². The Balaban J connectivity index is 1.57. The van der Waals surface area contributed by atoms with Crippen molar-refractivity contribution < 1.29 is 26.4 Å². The van der Waals surface area contributed by atoms with Crippen LogP contribution in [0.1, 0.15) is 11.4 Å². The third-order valence-corrected chi connectivity index (χ3v) is 6.71. The summed E-state index contributed by atoms with van der Waals surface area (Å²) in [6.07, 6.45) is -4.66. The molecule has 13 heteroatoms. The molecule has 0 atom stereocenters. The van der Waals surface area contributed by atoms with Gasteiger partial charge in [0.15, 0.2) is 5.16 Å². The van der Waals surface area contributed by atoms with Gasteiger partial charge in [0.2, 0.25) is 15.9 Å². The second-order valence-electron chi connectivity index (χ2n) is 6.90. The number of nitrogens with zero attached hydrogens (tertiary/aromatic N) is 3. The number of carbonyl (C=O) groups is 1. The molecule has 33 heavy (non-hydrogen) atoms. The number of rotatable bonds is 9. The van der Waals surface area contributed by atoms with E-state index in [4.69, 9.17) is 0 Å². The Bertz CT molecular complexity index is 1200. The van der Waals surface area contributed by atoms with Gasteiger partial charge in [0.1, 0.15) is 12.4 Å². The summed E-state index contributed by atoms with van der Waals surface area (Å²) >= 11 is 1.20. The molecular weight excluding hydrogens is 479 g/mol. The standard InChI is InChI=1S/C20H20F3N5O3S2/c1-14-26-27-19(28(14)11-15-5-3-2-4-6-15)32-12-18(29)25-16-7-9-17(10-8-16)33(30,31)24-13-20(21,22)23/h2-10,24H,11-13H2,1H3,(H,25,29). The van der Waals surface area contributed by atoms with Gasteiger partial charge in [-0.15, -0.1) is 10.2 Å². The molecule has 2 N–H and O–H groups in total. The van der Waals surface area contributed by atoms with Crippen LogP contribution < -0.4 is 10.0 Å². The van der Waals surface area contributed by atoms with Crippen molar-refractivity contribution >= 4 is 33.4 Å². The summed E-state index contributed by atoms with van der Waals surface area (Å²) in [5.74, 6) is 0.371. The van der Waals surface area contributed by atoms with Gasteiger partial charge in [0, 0.05) is 5.69 Å². The minimum absolute atomic E-state index is 0.0279. The van der Waals surface area contributed by atoms with E-state index in [9.17, 15) is 26.4 Å². The lowest BCUT2D eigenvalue weighted by Gasteiger charge is -2.10. The zero-order chi connectivity index (χ0) is 24.1. The van der Waals surface area contributed by atoms with Crippen molar-refractivity contribution in [2.24, 2.45) is 0 Å². The minimum atomic E-state index is -4.66. The predicted octanol–water partition coefficient (Wildman–Crippen LogP) is 3.21. The van der Waals surface area contributed by atoms with Crippen molar-refractivity contribution in [1.29, 1.82) is 0 Å². The number of thioether (sulfide) groups is 1. The Hall–Kier alpha value is -2.90. The summed E-state index contributed by atoms with van der Waals surface area (Å²) in [5, 5.41) is 11.4. The molecular formula is C20H20F3N5O3S2. The molecule has 0 spiro atoms. The highest BCUT2D eigenvalue weighted by Crippen LogP contribution is 2.20. The van der Waals surface area contributed by atoms with Crippen LogP contribution in [0.5, 0.6) is 0 Å². The van der Waals surface area contributed by atoms with Crippen LogP contribution in [0.2, 0.25) is 0 Å². The van der Waals surface area contributed by atoms with Crippen LogP contribution in [-0.2, 0) is 21.4 Å². The van der Waals surface area contributed by atoms with Gasteiger partial charge in [-0.2, -0.15) is 13.2 Å². The summed E-state index contributed by atoms with van der Waals surface area (Å²) in [5.41, 5.74) is 1.36. The van der Waals surface area contributed by atoms with E-state index in [0.29, 0.717) is 23.2 Å². The van der Waals surface area contributed by atoms with Crippen molar-refractivity contribution in [2.75, 3.05) is 17.6 Å². The number of nitrogens with one attached hydrogen (secondary N) is 2. The lowest BCUT2D eigenvalue weighted by Crippen LogP contribution is -2.33. The Labute approximate surface area is 192 Å². The lowest BCUT2D eigenvalue weighted by atomic mass is 10.2. The fraction of sp³-hybridized carbons (Fsp3) is 0.250. The highest BCUT2D eigenvalue weighted by Gasteiger charge is 2.30. The molecule has 0 aliphatic rings. The van der Waals surface area contributed by atoms with Crippen molar-refractivity contribution in [3.05, 3.63) is 66.0 Å². The summed E-state index contributed by atoms with van der Waals surface area (Å²) in [4.78, 5) is 12.0. The van der Waals surface area contributed by atoms with Gasteiger partial charge in [-0.05, 0) is 36.8 Å². The maximum atomic E-state index is 12.3. The third kappa shape index (κ3) is 7.30. The number of benzene rings is 2. The number of hydrogen-bond acceptors (Lipinski definition) is 6. The molecule has 0 unspecified atom stereocenters. The van der Waals surface area contributed by atoms with Crippen LogP contribution in [-0.4, -0.2) is 47.6 Å². The molecule has 3 aromatic rings. The highest BCUT2D eigenvalue weighted by molar-refractivity contribution is 7.99. The first-order valence-electron chi connectivity index (χ1n) is 9.56. The summed E-state index contributed by atoms with van der Waals surface area (Å²) in [6.45, 7) is 0.709. The van der Waals surface area contributed by atoms with Gasteiger partial charge in [-0.3, -0.25) is 4.79 Å². The molecule has 0 fully saturated rings. The number of amides is 1. The molecule has 0 aliphatic carbocycles. The van der Waals surface area contributed by atoms with E-state index < -0.39 is 22.7 Å². The molecule has 8 nitrogen and oxygen atoms in total. The maximum Gasteiger partial charge on any atom is 0.402 e. The quantitative estimate of drug-likeness (QED) is 0.438. The van der Waals surface area contributed by atoms with Gasteiger partial charge < -0.3 is 9.88 Å². The molecule has 3 rings (SSSR count). The van der Waals surface area contributed by atoms with Crippen molar-refractivity contribution in [3.8, 4) is 0 Å². The van der Waals surface area contributed by atoms with Crippen molar-refractivity contribution in [3.63, 3.8) is 0 Å². The lowest BCUT2D eigenvalue weighted by molar-refractivity contribution is -0.121. The number of alkyl halides is 3. The molecule has 1 aromatic heterocycles. The first-order chi connectivity index (χ1) is 15.5. The van der Waals surface area contributed by atoms with Crippen LogP contribution in [0.3, 0.4) is 0 Å². The highest BCUT2D eigenvalue weighted by atomic mass is 32.2. The van der Waals surface area contributed by atoms with Gasteiger partial charge >= 0.3 is 6.18 Å². The molecule has 0 saturated heterocycles. The second kappa shape index (κ2) is 10.4. The van der Waals surface area contributed by atoms with E-state index >= 15 is 0 Å². The van der Waals surface area contributed by atoms with E-state index in [1.54, 1.807) is 0 Å². The fourth-order valence-electron chi connectivity index (χ4n) is 2.72. The van der Waals surface area contributed by atoms with Gasteiger partial charge in [0.25, 0.3) is 0 Å². The zero-order valence-electron chi connectivity index (χ0n) is 17.3. The summed E-state index contributed by atoms with van der Waals surface area (Å²) < 4.78 is 64.0. The molecule has 1 amide bonds. The number of sulfonamides is 1. The molecule has 0 bridgehead atoms. The SMILES string of the molecule is Cc1nnc(SCC(=O)Nc2ccc(S(=O)(=O)NCC(F)(F)F)cc2)n1Cc1ccccc1. The molecule has 1 heterocycles. The number of hydrogen-bond donors (Lipinski definition) is 2. The predicted molar refractivity (Wildman–Crippen MR) is 117 cm³/mol. The molecule has 0 aliphatic heterocycles. The average Bonchev–Trinajstić information content (AvgIpc) is 3.11. The van der Waals surface area contributed by atoms with Crippen LogP contribution in [0, 0.1) is 6.92 Å². The average molecular weight is 500 g/mol. The van der Waals surface area contributed by atoms with Crippen LogP contribution in [0.15, 0.2) is 64.6 Å². The van der Waals surface area contributed by atoms with Crippen LogP contribution >= 0.6 is 11.8 Å². The third-order valence-electron chi connectivity index (χ3n) is 4.33. The van der Waals surface area contributed by atoms with Gasteiger partial charge in [0.05, 0.1) is 17.2 Å². The van der Waals surface area contributed by atoms with E-state index in [2.05, 4.69) is 15.5 Å². The number of aryl methyl sites for hydroxylation is 1. The Morgan fingerprint density at radius 1 is 1.06 bits per heavy atom. The molecule has 2 aromatic carbocycles. The van der Waals surface area contributed by atoms with Crippen molar-refractivity contribution in [2.45, 2.75) is 29.7 Å². The molecule has 176 valence electrons. The Kier molecular flexibility index (Phi) is 7.76. The van der Waals surface area contributed by atoms with E-state index in [1.807, 2.05) is 41.8 Å². The van der Waals surface area contributed by atoms with Crippen LogP contribution in [0.4, 0.5) is 18.9 Å². The maximum absolute atomic E-state index is 12.3. The number of aromatic nitrogens is 3. The molecule has 0 radical (unpaired) electrons. The second-order valence-corrected chi connectivity index (χ2v) is 9.61. The number of carbonyl (C=O) groups excluding carboxylic acids is 1. The first-order valence-corrected chi connectivity index (χ1v) is 12.0. The number of halogens is 3. The minimum Gasteiger partial charge on any atom is -0.325 e. The first kappa shape index (κ1) is 24.7. The topological polar surface area (TPSA) is 106 Å². The molecule has 0 saturated carbocycles. The van der Waals surface area contributed by atoms with Crippen molar-refractivity contribution in [1.82, 2.24) is 19.5 Å². The normalized spacial score (nSPS) is 12.0. The Morgan fingerprint density at radius 2 is 1.73 bits per heavy atom.